The highest BCUT2D eigenvalue weighted by Gasteiger charge is 2.03. The van der Waals surface area contributed by atoms with E-state index in [1.807, 2.05) is 42.6 Å². The van der Waals surface area contributed by atoms with E-state index in [4.69, 9.17) is 0 Å². The van der Waals surface area contributed by atoms with Crippen LogP contribution in [0, 0.1) is 6.92 Å². The predicted molar refractivity (Wildman–Crippen MR) is 85.7 cm³/mol. The van der Waals surface area contributed by atoms with Gasteiger partial charge in [0.1, 0.15) is 0 Å². The number of nitrogens with zero attached hydrogens (tertiary/aromatic N) is 2. The zero-order valence-electron chi connectivity index (χ0n) is 11.1. The second-order valence-electron chi connectivity index (χ2n) is 4.64. The Bertz CT molecular complexity index is 756. The molecular weight excluding hydrogens is 314 g/mol. The summed E-state index contributed by atoms with van der Waals surface area (Å²) in [6, 6.07) is 14.1. The molecule has 4 heteroatoms. The van der Waals surface area contributed by atoms with Gasteiger partial charge in [-0.05, 0) is 46.6 Å². The number of hydrogen-bond donors (Lipinski definition) is 1. The van der Waals surface area contributed by atoms with Crippen LogP contribution in [0.25, 0.3) is 11.0 Å². The normalized spacial score (nSPS) is 10.7. The maximum Gasteiger partial charge on any atom is 0.0890 e. The van der Waals surface area contributed by atoms with Gasteiger partial charge in [-0.25, -0.2) is 4.98 Å². The van der Waals surface area contributed by atoms with Crippen LogP contribution in [0.5, 0.6) is 0 Å². The standard InChI is InChI=1S/C16H14BrN3/c1-11-5-4-8-15(16(11)17)19-10-12-9-18-13-6-2-3-7-14(13)20-12/h2-9,19H,10H2,1H3. The molecule has 2 aromatic carbocycles. The molecule has 100 valence electrons. The fourth-order valence-corrected chi connectivity index (χ4v) is 2.45. The minimum atomic E-state index is 0.653. The summed E-state index contributed by atoms with van der Waals surface area (Å²) in [4.78, 5) is 9.02. The molecule has 3 nitrogen and oxygen atoms in total. The number of benzene rings is 2. The third-order valence-electron chi connectivity index (χ3n) is 3.15. The Kier molecular flexibility index (Phi) is 3.65. The monoisotopic (exact) mass is 327 g/mol. The lowest BCUT2D eigenvalue weighted by Crippen LogP contribution is -2.03. The first-order chi connectivity index (χ1) is 9.74. The van der Waals surface area contributed by atoms with Gasteiger partial charge in [-0.3, -0.25) is 4.98 Å². The molecule has 0 fully saturated rings. The molecule has 3 rings (SSSR count). The SMILES string of the molecule is Cc1cccc(NCc2cnc3ccccc3n2)c1Br. The molecule has 0 bridgehead atoms. The summed E-state index contributed by atoms with van der Waals surface area (Å²) in [5, 5.41) is 3.39. The molecule has 0 aliphatic carbocycles. The molecule has 0 saturated carbocycles. The summed E-state index contributed by atoms with van der Waals surface area (Å²) in [7, 11) is 0. The lowest BCUT2D eigenvalue weighted by Gasteiger charge is -2.10. The molecule has 0 saturated heterocycles. The van der Waals surface area contributed by atoms with Crippen molar-refractivity contribution in [3.05, 3.63) is 64.4 Å². The minimum absolute atomic E-state index is 0.653. The summed E-state index contributed by atoms with van der Waals surface area (Å²) in [6.45, 7) is 2.73. The Morgan fingerprint density at radius 1 is 1.05 bits per heavy atom. The van der Waals surface area contributed by atoms with Crippen molar-refractivity contribution < 1.29 is 0 Å². The zero-order chi connectivity index (χ0) is 13.9. The van der Waals surface area contributed by atoms with Crippen LogP contribution in [0.1, 0.15) is 11.3 Å². The molecular formula is C16H14BrN3. The van der Waals surface area contributed by atoms with E-state index >= 15 is 0 Å². The van der Waals surface area contributed by atoms with Crippen LogP contribution >= 0.6 is 15.9 Å². The van der Waals surface area contributed by atoms with E-state index in [1.165, 1.54) is 5.56 Å². The van der Waals surface area contributed by atoms with Crippen LogP contribution in [0.4, 0.5) is 5.69 Å². The molecule has 0 aliphatic rings. The van der Waals surface area contributed by atoms with Crippen molar-refractivity contribution in [2.75, 3.05) is 5.32 Å². The lowest BCUT2D eigenvalue weighted by molar-refractivity contribution is 1.04. The fraction of sp³-hybridized carbons (Fsp3) is 0.125. The maximum absolute atomic E-state index is 4.60. The van der Waals surface area contributed by atoms with Crippen LogP contribution in [-0.2, 0) is 6.54 Å². The Labute approximate surface area is 126 Å². The van der Waals surface area contributed by atoms with E-state index < -0.39 is 0 Å². The smallest absolute Gasteiger partial charge is 0.0890 e. The quantitative estimate of drug-likeness (QED) is 0.778. The summed E-state index contributed by atoms with van der Waals surface area (Å²) in [5.41, 5.74) is 5.06. The van der Waals surface area contributed by atoms with Gasteiger partial charge in [-0.15, -0.1) is 0 Å². The largest absolute Gasteiger partial charge is 0.378 e. The molecule has 3 aromatic rings. The van der Waals surface area contributed by atoms with Crippen LogP contribution in [0.3, 0.4) is 0 Å². The van der Waals surface area contributed by atoms with Crippen LogP contribution in [0.15, 0.2) is 53.1 Å². The topological polar surface area (TPSA) is 37.8 Å². The number of anilines is 1. The van der Waals surface area contributed by atoms with E-state index in [0.717, 1.165) is 26.9 Å². The van der Waals surface area contributed by atoms with E-state index in [9.17, 15) is 0 Å². The number of halogens is 1. The summed E-state index contributed by atoms with van der Waals surface area (Å²) < 4.78 is 1.09. The number of aryl methyl sites for hydroxylation is 1. The minimum Gasteiger partial charge on any atom is -0.378 e. The van der Waals surface area contributed by atoms with Gasteiger partial charge in [0.2, 0.25) is 0 Å². The number of aromatic nitrogens is 2. The van der Waals surface area contributed by atoms with Gasteiger partial charge >= 0.3 is 0 Å². The zero-order valence-corrected chi connectivity index (χ0v) is 12.7. The molecule has 0 amide bonds. The van der Waals surface area contributed by atoms with Crippen molar-refractivity contribution >= 4 is 32.7 Å². The van der Waals surface area contributed by atoms with Crippen molar-refractivity contribution in [1.29, 1.82) is 0 Å². The van der Waals surface area contributed by atoms with E-state index in [1.54, 1.807) is 0 Å². The van der Waals surface area contributed by atoms with Crippen LogP contribution in [0.2, 0.25) is 0 Å². The predicted octanol–water partition coefficient (Wildman–Crippen LogP) is 4.31. The second-order valence-corrected chi connectivity index (χ2v) is 5.43. The first-order valence-corrected chi connectivity index (χ1v) is 7.23. The van der Waals surface area contributed by atoms with E-state index in [0.29, 0.717) is 6.54 Å². The maximum atomic E-state index is 4.60. The van der Waals surface area contributed by atoms with Crippen molar-refractivity contribution in [3.63, 3.8) is 0 Å². The van der Waals surface area contributed by atoms with Crippen LogP contribution < -0.4 is 5.32 Å². The molecule has 1 aromatic heterocycles. The molecule has 20 heavy (non-hydrogen) atoms. The second kappa shape index (κ2) is 5.59. The van der Waals surface area contributed by atoms with Gasteiger partial charge in [0.15, 0.2) is 0 Å². The molecule has 0 radical (unpaired) electrons. The van der Waals surface area contributed by atoms with Gasteiger partial charge in [0.25, 0.3) is 0 Å². The van der Waals surface area contributed by atoms with Crippen molar-refractivity contribution in [2.24, 2.45) is 0 Å². The summed E-state index contributed by atoms with van der Waals surface area (Å²) in [6.07, 6.45) is 1.82. The molecule has 0 spiro atoms. The number of nitrogens with one attached hydrogen (secondary N) is 1. The van der Waals surface area contributed by atoms with Gasteiger partial charge in [0.05, 0.1) is 29.5 Å². The molecule has 0 unspecified atom stereocenters. The highest BCUT2D eigenvalue weighted by Crippen LogP contribution is 2.26. The molecule has 1 N–H and O–H groups in total. The van der Waals surface area contributed by atoms with Gasteiger partial charge in [0, 0.05) is 10.2 Å². The van der Waals surface area contributed by atoms with Crippen molar-refractivity contribution in [1.82, 2.24) is 9.97 Å². The lowest BCUT2D eigenvalue weighted by atomic mass is 10.2. The third-order valence-corrected chi connectivity index (χ3v) is 4.20. The summed E-state index contributed by atoms with van der Waals surface area (Å²) >= 11 is 3.59. The van der Waals surface area contributed by atoms with Gasteiger partial charge in [-0.2, -0.15) is 0 Å². The molecule has 0 atom stereocenters. The first kappa shape index (κ1) is 13.1. The number of para-hydroxylation sites is 2. The first-order valence-electron chi connectivity index (χ1n) is 6.44. The fourth-order valence-electron chi connectivity index (χ4n) is 2.05. The number of hydrogen-bond acceptors (Lipinski definition) is 3. The Hall–Kier alpha value is -1.94. The Morgan fingerprint density at radius 3 is 2.70 bits per heavy atom. The van der Waals surface area contributed by atoms with Crippen LogP contribution in [-0.4, -0.2) is 9.97 Å². The highest BCUT2D eigenvalue weighted by atomic mass is 79.9. The van der Waals surface area contributed by atoms with Gasteiger partial charge < -0.3 is 5.32 Å². The van der Waals surface area contributed by atoms with Crippen molar-refractivity contribution in [2.45, 2.75) is 13.5 Å². The number of rotatable bonds is 3. The van der Waals surface area contributed by atoms with Crippen molar-refractivity contribution in [3.8, 4) is 0 Å². The Morgan fingerprint density at radius 2 is 1.85 bits per heavy atom. The average molecular weight is 328 g/mol. The Balaban J connectivity index is 1.81. The molecule has 0 aliphatic heterocycles. The summed E-state index contributed by atoms with van der Waals surface area (Å²) in [5.74, 6) is 0. The van der Waals surface area contributed by atoms with E-state index in [2.05, 4.69) is 44.2 Å². The highest BCUT2D eigenvalue weighted by molar-refractivity contribution is 9.10. The number of fused-ring (bicyclic) bond motifs is 1. The molecule has 1 heterocycles. The third kappa shape index (κ3) is 2.65. The van der Waals surface area contributed by atoms with Gasteiger partial charge in [-0.1, -0.05) is 24.3 Å². The average Bonchev–Trinajstić information content (AvgIpc) is 2.48. The van der Waals surface area contributed by atoms with E-state index in [-0.39, 0.29) is 0 Å².